The molecule has 216 valence electrons. The third-order valence-corrected chi connectivity index (χ3v) is 10.0. The molecule has 0 unspecified atom stereocenters. The SMILES string of the molecule is c1cc(C2(c3ccn[nH]3)c3ccccc3-c3ccccc32)cc(C2(n3cnc4nccnc43)c3ccccc3-c3ccccc32)c1. The number of nitrogens with one attached hydrogen (secondary N) is 1. The van der Waals surface area contributed by atoms with Gasteiger partial charge in [0.15, 0.2) is 11.3 Å². The van der Waals surface area contributed by atoms with Crippen LogP contribution in [0.15, 0.2) is 152 Å². The lowest BCUT2D eigenvalue weighted by Crippen LogP contribution is -2.36. The van der Waals surface area contributed by atoms with Gasteiger partial charge < -0.3 is 0 Å². The molecule has 0 radical (unpaired) electrons. The zero-order chi connectivity index (χ0) is 30.3. The summed E-state index contributed by atoms with van der Waals surface area (Å²) in [7, 11) is 0. The average molecular weight is 591 g/mol. The maximum Gasteiger partial charge on any atom is 0.197 e. The molecule has 6 heteroatoms. The van der Waals surface area contributed by atoms with E-state index in [4.69, 9.17) is 9.97 Å². The zero-order valence-electron chi connectivity index (χ0n) is 24.7. The van der Waals surface area contributed by atoms with Gasteiger partial charge in [0.25, 0.3) is 0 Å². The van der Waals surface area contributed by atoms with Gasteiger partial charge in [-0.3, -0.25) is 9.67 Å². The van der Waals surface area contributed by atoms with E-state index in [2.05, 4.69) is 147 Å². The van der Waals surface area contributed by atoms with Crippen molar-refractivity contribution < 1.29 is 0 Å². The Hall–Kier alpha value is -6.14. The molecule has 0 atom stereocenters. The molecule has 0 bridgehead atoms. The van der Waals surface area contributed by atoms with Gasteiger partial charge in [0, 0.05) is 18.6 Å². The molecular weight excluding hydrogens is 564 g/mol. The molecule has 2 aliphatic rings. The summed E-state index contributed by atoms with van der Waals surface area (Å²) in [5.41, 5.74) is 13.0. The van der Waals surface area contributed by atoms with E-state index in [1.54, 1.807) is 12.4 Å². The highest BCUT2D eigenvalue weighted by molar-refractivity contribution is 5.87. The van der Waals surface area contributed by atoms with Crippen molar-refractivity contribution in [2.24, 2.45) is 0 Å². The molecule has 10 rings (SSSR count). The van der Waals surface area contributed by atoms with E-state index in [0.29, 0.717) is 5.65 Å². The molecule has 3 aromatic heterocycles. The highest BCUT2D eigenvalue weighted by Gasteiger charge is 2.50. The summed E-state index contributed by atoms with van der Waals surface area (Å²) in [6, 6.07) is 46.2. The lowest BCUT2D eigenvalue weighted by molar-refractivity contribution is 0.537. The lowest BCUT2D eigenvalue weighted by atomic mass is 9.68. The number of H-pyrrole nitrogens is 1. The Morgan fingerprint density at radius 2 is 1.07 bits per heavy atom. The summed E-state index contributed by atoms with van der Waals surface area (Å²) < 4.78 is 2.22. The van der Waals surface area contributed by atoms with E-state index in [9.17, 15) is 0 Å². The van der Waals surface area contributed by atoms with Crippen molar-refractivity contribution in [3.8, 4) is 22.3 Å². The topological polar surface area (TPSA) is 72.3 Å². The summed E-state index contributed by atoms with van der Waals surface area (Å²) in [6.07, 6.45) is 7.20. The lowest BCUT2D eigenvalue weighted by Gasteiger charge is -2.37. The van der Waals surface area contributed by atoms with Crippen LogP contribution in [0.1, 0.15) is 39.1 Å². The maximum atomic E-state index is 4.84. The fourth-order valence-corrected chi connectivity index (χ4v) is 8.35. The second-order valence-electron chi connectivity index (χ2n) is 12.0. The molecule has 3 heterocycles. The molecule has 6 nitrogen and oxygen atoms in total. The molecule has 0 aliphatic heterocycles. The average Bonchev–Trinajstić information content (AvgIpc) is 3.92. The van der Waals surface area contributed by atoms with Gasteiger partial charge in [-0.25, -0.2) is 15.0 Å². The highest BCUT2D eigenvalue weighted by Crippen LogP contribution is 2.58. The third-order valence-electron chi connectivity index (χ3n) is 10.0. The Labute approximate surface area is 265 Å². The predicted octanol–water partition coefficient (Wildman–Crippen LogP) is 7.73. The minimum absolute atomic E-state index is 0.602. The molecule has 0 saturated carbocycles. The third kappa shape index (κ3) is 3.00. The van der Waals surface area contributed by atoms with Gasteiger partial charge in [-0.05, 0) is 61.7 Å². The fourth-order valence-electron chi connectivity index (χ4n) is 8.35. The van der Waals surface area contributed by atoms with Crippen LogP contribution >= 0.6 is 0 Å². The second kappa shape index (κ2) is 9.19. The van der Waals surface area contributed by atoms with Crippen LogP contribution < -0.4 is 0 Å². The quantitative estimate of drug-likeness (QED) is 0.228. The van der Waals surface area contributed by atoms with Crippen molar-refractivity contribution in [1.82, 2.24) is 29.7 Å². The largest absolute Gasteiger partial charge is 0.295 e. The number of hydrogen-bond acceptors (Lipinski definition) is 4. The van der Waals surface area contributed by atoms with Crippen LogP contribution in [0.5, 0.6) is 0 Å². The van der Waals surface area contributed by atoms with Crippen LogP contribution in [-0.2, 0) is 11.0 Å². The van der Waals surface area contributed by atoms with Gasteiger partial charge in [-0.15, -0.1) is 0 Å². The van der Waals surface area contributed by atoms with Crippen molar-refractivity contribution >= 4 is 11.3 Å². The Kier molecular flexibility index (Phi) is 5.04. The molecule has 46 heavy (non-hydrogen) atoms. The summed E-state index contributed by atoms with van der Waals surface area (Å²) >= 11 is 0. The fraction of sp³-hybridized carbons (Fsp3) is 0.0500. The van der Waals surface area contributed by atoms with Crippen LogP contribution in [0.4, 0.5) is 0 Å². The van der Waals surface area contributed by atoms with E-state index < -0.39 is 11.0 Å². The van der Waals surface area contributed by atoms with Crippen LogP contribution in [0.2, 0.25) is 0 Å². The summed E-state index contributed by atoms with van der Waals surface area (Å²) in [5, 5.41) is 7.88. The number of hydrogen-bond donors (Lipinski definition) is 1. The van der Waals surface area contributed by atoms with Gasteiger partial charge in [0.2, 0.25) is 0 Å². The predicted molar refractivity (Wildman–Crippen MR) is 178 cm³/mol. The molecule has 1 N–H and O–H groups in total. The highest BCUT2D eigenvalue weighted by atomic mass is 15.2. The molecule has 2 aliphatic carbocycles. The first-order chi connectivity index (χ1) is 22.8. The summed E-state index contributed by atoms with van der Waals surface area (Å²) in [5.74, 6) is 0. The Bertz CT molecular complexity index is 2360. The Morgan fingerprint density at radius 1 is 0.500 bits per heavy atom. The van der Waals surface area contributed by atoms with Crippen LogP contribution in [0, 0.1) is 0 Å². The van der Waals surface area contributed by atoms with E-state index >= 15 is 0 Å². The second-order valence-corrected chi connectivity index (χ2v) is 12.0. The minimum atomic E-state index is -0.749. The van der Waals surface area contributed by atoms with E-state index in [-0.39, 0.29) is 0 Å². The van der Waals surface area contributed by atoms with Crippen molar-refractivity contribution in [3.05, 3.63) is 191 Å². The maximum absolute atomic E-state index is 4.84. The molecule has 0 fully saturated rings. The minimum Gasteiger partial charge on any atom is -0.295 e. The van der Waals surface area contributed by atoms with Crippen molar-refractivity contribution in [1.29, 1.82) is 0 Å². The number of nitrogens with zero attached hydrogens (tertiary/aromatic N) is 5. The Balaban J connectivity index is 1.35. The first-order valence-corrected chi connectivity index (χ1v) is 15.5. The number of imidazole rings is 1. The molecule has 0 spiro atoms. The number of rotatable bonds is 4. The number of fused-ring (bicyclic) bond motifs is 7. The smallest absolute Gasteiger partial charge is 0.197 e. The Morgan fingerprint density at radius 3 is 1.70 bits per heavy atom. The zero-order valence-corrected chi connectivity index (χ0v) is 24.7. The molecule has 0 amide bonds. The van der Waals surface area contributed by atoms with Crippen LogP contribution in [-0.4, -0.2) is 29.7 Å². The van der Waals surface area contributed by atoms with Gasteiger partial charge >= 0.3 is 0 Å². The monoisotopic (exact) mass is 590 g/mol. The van der Waals surface area contributed by atoms with Crippen molar-refractivity contribution in [3.63, 3.8) is 0 Å². The van der Waals surface area contributed by atoms with Gasteiger partial charge in [-0.2, -0.15) is 5.10 Å². The number of aromatic amines is 1. The van der Waals surface area contributed by atoms with Gasteiger partial charge in [0.05, 0.1) is 11.1 Å². The van der Waals surface area contributed by atoms with Crippen LogP contribution in [0.3, 0.4) is 0 Å². The van der Waals surface area contributed by atoms with Crippen molar-refractivity contribution in [2.75, 3.05) is 0 Å². The first kappa shape index (κ1) is 25.2. The molecule has 5 aromatic carbocycles. The standard InChI is InChI=1S/C40H26N6/c1-5-16-32-28(12-1)29-13-2-6-17-33(29)39(32,36-20-21-44-45-36)26-10-9-11-27(24-26)40(46-25-43-37-38(46)42-23-22-41-37)34-18-7-3-14-30(34)31-15-4-8-19-35(31)40/h1-25H,(H,44,45). The first-order valence-electron chi connectivity index (χ1n) is 15.5. The van der Waals surface area contributed by atoms with E-state index in [0.717, 1.165) is 22.5 Å². The molecule has 8 aromatic rings. The van der Waals surface area contributed by atoms with Crippen molar-refractivity contribution in [2.45, 2.75) is 11.0 Å². The molecular formula is C40H26N6. The normalized spacial score (nSPS) is 14.9. The summed E-state index contributed by atoms with van der Waals surface area (Å²) in [6.45, 7) is 0. The van der Waals surface area contributed by atoms with Gasteiger partial charge in [0.1, 0.15) is 11.9 Å². The van der Waals surface area contributed by atoms with Gasteiger partial charge in [-0.1, -0.05) is 121 Å². The number of benzene rings is 5. The molecule has 0 saturated heterocycles. The van der Waals surface area contributed by atoms with Crippen LogP contribution in [0.25, 0.3) is 33.5 Å². The summed E-state index contributed by atoms with van der Waals surface area (Å²) in [4.78, 5) is 14.2. The number of aromatic nitrogens is 6. The van der Waals surface area contributed by atoms with E-state index in [1.165, 1.54) is 44.5 Å². The van der Waals surface area contributed by atoms with E-state index in [1.807, 2.05) is 12.5 Å².